The summed E-state index contributed by atoms with van der Waals surface area (Å²) in [5.41, 5.74) is 1.75. The zero-order chi connectivity index (χ0) is 14.4. The number of carbonyl (C=O) groups excluding carboxylic acids is 1. The van der Waals surface area contributed by atoms with E-state index in [2.05, 4.69) is 11.9 Å². The average Bonchev–Trinajstić information content (AvgIpc) is 2.90. The Balaban J connectivity index is 2.35. The lowest BCUT2D eigenvalue weighted by molar-refractivity contribution is 0.0491. The number of esters is 1. The van der Waals surface area contributed by atoms with Crippen LogP contribution in [0.15, 0.2) is 34.9 Å². The van der Waals surface area contributed by atoms with Crippen LogP contribution < -0.4 is 0 Å². The summed E-state index contributed by atoms with van der Waals surface area (Å²) in [6, 6.07) is 7.41. The SMILES string of the molecule is CCCCc1cc(C(=O)OCC)oc1-c1ccccn1. The molecule has 0 aromatic carbocycles. The molecule has 2 heterocycles. The molecule has 0 N–H and O–H groups in total. The van der Waals surface area contributed by atoms with Crippen LogP contribution in [-0.4, -0.2) is 17.6 Å². The van der Waals surface area contributed by atoms with Crippen molar-refractivity contribution >= 4 is 5.97 Å². The molecule has 0 unspecified atom stereocenters. The molecule has 0 aliphatic heterocycles. The predicted molar refractivity (Wildman–Crippen MR) is 76.5 cm³/mol. The van der Waals surface area contributed by atoms with Crippen LogP contribution in [0.3, 0.4) is 0 Å². The van der Waals surface area contributed by atoms with Crippen molar-refractivity contribution in [2.75, 3.05) is 6.61 Å². The molecule has 2 rings (SSSR count). The van der Waals surface area contributed by atoms with E-state index in [1.54, 1.807) is 19.2 Å². The van der Waals surface area contributed by atoms with Crippen LogP contribution in [0.1, 0.15) is 42.8 Å². The normalized spacial score (nSPS) is 10.5. The van der Waals surface area contributed by atoms with E-state index in [0.29, 0.717) is 12.4 Å². The maximum Gasteiger partial charge on any atom is 0.374 e. The lowest BCUT2D eigenvalue weighted by Crippen LogP contribution is -2.02. The molecule has 0 aliphatic rings. The van der Waals surface area contributed by atoms with Gasteiger partial charge in [-0.25, -0.2) is 4.79 Å². The lowest BCUT2D eigenvalue weighted by Gasteiger charge is -2.00. The average molecular weight is 273 g/mol. The van der Waals surface area contributed by atoms with Crippen LogP contribution in [0.5, 0.6) is 0 Å². The summed E-state index contributed by atoms with van der Waals surface area (Å²) < 4.78 is 10.7. The van der Waals surface area contributed by atoms with Crippen molar-refractivity contribution < 1.29 is 13.9 Å². The van der Waals surface area contributed by atoms with Crippen LogP contribution in [0.2, 0.25) is 0 Å². The number of furan rings is 1. The molecule has 0 fully saturated rings. The second-order valence-electron chi connectivity index (χ2n) is 4.50. The standard InChI is InChI=1S/C16H19NO3/c1-3-5-8-12-11-14(16(18)19-4-2)20-15(12)13-9-6-7-10-17-13/h6-7,9-11H,3-5,8H2,1-2H3. The van der Waals surface area contributed by atoms with Gasteiger partial charge in [-0.3, -0.25) is 4.98 Å². The Hall–Kier alpha value is -2.10. The van der Waals surface area contributed by atoms with Gasteiger partial charge in [0.05, 0.1) is 6.61 Å². The van der Waals surface area contributed by atoms with Gasteiger partial charge in [-0.2, -0.15) is 0 Å². The minimum atomic E-state index is -0.424. The quantitative estimate of drug-likeness (QED) is 0.750. The minimum absolute atomic E-state index is 0.249. The monoisotopic (exact) mass is 273 g/mol. The van der Waals surface area contributed by atoms with Gasteiger partial charge in [-0.15, -0.1) is 0 Å². The van der Waals surface area contributed by atoms with E-state index in [-0.39, 0.29) is 5.76 Å². The van der Waals surface area contributed by atoms with Gasteiger partial charge in [0.2, 0.25) is 5.76 Å². The molecule has 0 atom stereocenters. The predicted octanol–water partition coefficient (Wildman–Crippen LogP) is 3.86. The van der Waals surface area contributed by atoms with Crippen LogP contribution in [0, 0.1) is 0 Å². The number of rotatable bonds is 6. The maximum absolute atomic E-state index is 11.8. The zero-order valence-electron chi connectivity index (χ0n) is 11.9. The van der Waals surface area contributed by atoms with Gasteiger partial charge in [0.15, 0.2) is 5.76 Å². The molecule has 0 bridgehead atoms. The molecular weight excluding hydrogens is 254 g/mol. The molecular formula is C16H19NO3. The smallest absolute Gasteiger partial charge is 0.374 e. The highest BCUT2D eigenvalue weighted by Gasteiger charge is 2.19. The Bertz CT molecular complexity index is 560. The van der Waals surface area contributed by atoms with Crippen molar-refractivity contribution in [3.8, 4) is 11.5 Å². The lowest BCUT2D eigenvalue weighted by atomic mass is 10.1. The molecule has 0 amide bonds. The van der Waals surface area contributed by atoms with Gasteiger partial charge in [-0.05, 0) is 38.0 Å². The van der Waals surface area contributed by atoms with Crippen LogP contribution in [0.4, 0.5) is 0 Å². The summed E-state index contributed by atoms with van der Waals surface area (Å²) >= 11 is 0. The number of nitrogens with zero attached hydrogens (tertiary/aromatic N) is 1. The van der Waals surface area contributed by atoms with Gasteiger partial charge >= 0.3 is 5.97 Å². The molecule has 0 radical (unpaired) electrons. The molecule has 0 aliphatic carbocycles. The highest BCUT2D eigenvalue weighted by atomic mass is 16.5. The highest BCUT2D eigenvalue weighted by molar-refractivity contribution is 5.87. The van der Waals surface area contributed by atoms with E-state index in [4.69, 9.17) is 9.15 Å². The molecule has 0 spiro atoms. The highest BCUT2D eigenvalue weighted by Crippen LogP contribution is 2.27. The van der Waals surface area contributed by atoms with Crippen molar-refractivity contribution in [2.45, 2.75) is 33.1 Å². The molecule has 0 saturated heterocycles. The third-order valence-electron chi connectivity index (χ3n) is 2.98. The number of aryl methyl sites for hydroxylation is 1. The van der Waals surface area contributed by atoms with Crippen molar-refractivity contribution in [1.82, 2.24) is 4.98 Å². The summed E-state index contributed by atoms with van der Waals surface area (Å²) in [5, 5.41) is 0. The Morgan fingerprint density at radius 1 is 1.35 bits per heavy atom. The Morgan fingerprint density at radius 2 is 2.20 bits per heavy atom. The Labute approximate surface area is 118 Å². The molecule has 4 nitrogen and oxygen atoms in total. The molecule has 2 aromatic rings. The fourth-order valence-electron chi connectivity index (χ4n) is 2.00. The summed E-state index contributed by atoms with van der Waals surface area (Å²) in [5.74, 6) is 0.494. The van der Waals surface area contributed by atoms with E-state index in [1.807, 2.05) is 18.2 Å². The van der Waals surface area contributed by atoms with Crippen molar-refractivity contribution in [3.63, 3.8) is 0 Å². The van der Waals surface area contributed by atoms with Crippen LogP contribution in [-0.2, 0) is 11.2 Å². The van der Waals surface area contributed by atoms with E-state index < -0.39 is 5.97 Å². The number of unbranched alkanes of at least 4 members (excludes halogenated alkanes) is 1. The van der Waals surface area contributed by atoms with Crippen molar-refractivity contribution in [3.05, 3.63) is 41.8 Å². The third kappa shape index (κ3) is 3.26. The van der Waals surface area contributed by atoms with E-state index in [1.165, 1.54) is 0 Å². The molecule has 4 heteroatoms. The number of ether oxygens (including phenoxy) is 1. The first-order chi connectivity index (χ1) is 9.76. The van der Waals surface area contributed by atoms with Gasteiger partial charge in [0.1, 0.15) is 5.69 Å². The van der Waals surface area contributed by atoms with E-state index >= 15 is 0 Å². The van der Waals surface area contributed by atoms with Gasteiger partial charge in [-0.1, -0.05) is 19.4 Å². The molecule has 106 valence electrons. The zero-order valence-corrected chi connectivity index (χ0v) is 11.9. The Morgan fingerprint density at radius 3 is 2.85 bits per heavy atom. The van der Waals surface area contributed by atoms with Gasteiger partial charge in [0.25, 0.3) is 0 Å². The second-order valence-corrected chi connectivity index (χ2v) is 4.50. The molecule has 2 aromatic heterocycles. The third-order valence-corrected chi connectivity index (χ3v) is 2.98. The molecule has 0 saturated carbocycles. The van der Waals surface area contributed by atoms with Crippen molar-refractivity contribution in [1.29, 1.82) is 0 Å². The topological polar surface area (TPSA) is 52.3 Å². The first kappa shape index (κ1) is 14.3. The van der Waals surface area contributed by atoms with Crippen molar-refractivity contribution in [2.24, 2.45) is 0 Å². The van der Waals surface area contributed by atoms with Gasteiger partial charge in [0, 0.05) is 11.8 Å². The fraction of sp³-hybridized carbons (Fsp3) is 0.375. The van der Waals surface area contributed by atoms with Crippen LogP contribution in [0.25, 0.3) is 11.5 Å². The molecule has 20 heavy (non-hydrogen) atoms. The maximum atomic E-state index is 11.8. The largest absolute Gasteiger partial charge is 0.460 e. The summed E-state index contributed by atoms with van der Waals surface area (Å²) in [4.78, 5) is 16.1. The number of pyridine rings is 1. The van der Waals surface area contributed by atoms with E-state index in [9.17, 15) is 4.79 Å². The van der Waals surface area contributed by atoms with Gasteiger partial charge < -0.3 is 9.15 Å². The summed E-state index contributed by atoms with van der Waals surface area (Å²) in [7, 11) is 0. The number of aromatic nitrogens is 1. The minimum Gasteiger partial charge on any atom is -0.460 e. The number of carbonyl (C=O) groups is 1. The van der Waals surface area contributed by atoms with E-state index in [0.717, 1.165) is 30.5 Å². The number of hydrogen-bond donors (Lipinski definition) is 0. The number of hydrogen-bond acceptors (Lipinski definition) is 4. The van der Waals surface area contributed by atoms with Crippen LogP contribution >= 0.6 is 0 Å². The second kappa shape index (κ2) is 6.89. The fourth-order valence-corrected chi connectivity index (χ4v) is 2.00. The first-order valence-corrected chi connectivity index (χ1v) is 6.97. The summed E-state index contributed by atoms with van der Waals surface area (Å²) in [6.07, 6.45) is 4.71. The first-order valence-electron chi connectivity index (χ1n) is 6.97. The summed E-state index contributed by atoms with van der Waals surface area (Å²) in [6.45, 7) is 4.24. The Kier molecular flexibility index (Phi) is 4.93.